The Hall–Kier alpha value is -1.76. The largest absolute Gasteiger partial charge is 0.417 e. The number of hydrogen-bond donors (Lipinski definition) is 2. The third kappa shape index (κ3) is 4.35. The lowest BCUT2D eigenvalue weighted by Gasteiger charge is -2.19. The van der Waals surface area contributed by atoms with E-state index in [1.807, 2.05) is 6.92 Å². The Labute approximate surface area is 119 Å². The van der Waals surface area contributed by atoms with Gasteiger partial charge in [-0.1, -0.05) is 13.0 Å². The summed E-state index contributed by atoms with van der Waals surface area (Å²) in [5.74, 6) is -0.574. The second-order valence-electron chi connectivity index (χ2n) is 4.93. The van der Waals surface area contributed by atoms with Crippen molar-refractivity contribution in [3.05, 3.63) is 34.3 Å². The van der Waals surface area contributed by atoms with Gasteiger partial charge in [0.1, 0.15) is 0 Å². The van der Waals surface area contributed by atoms with Gasteiger partial charge in [-0.15, -0.1) is 0 Å². The van der Waals surface area contributed by atoms with Gasteiger partial charge in [-0.2, -0.15) is 13.2 Å². The number of aromatic amines is 1. The van der Waals surface area contributed by atoms with Crippen LogP contribution in [0.5, 0.6) is 0 Å². The zero-order valence-electron chi connectivity index (χ0n) is 11.6. The van der Waals surface area contributed by atoms with E-state index in [-0.39, 0.29) is 6.42 Å². The molecule has 0 amide bonds. The van der Waals surface area contributed by atoms with E-state index in [2.05, 4.69) is 10.3 Å². The molecule has 2 N–H and O–H groups in total. The minimum absolute atomic E-state index is 0.0519. The molecule has 4 nitrogen and oxygen atoms in total. The van der Waals surface area contributed by atoms with Crippen molar-refractivity contribution in [2.75, 3.05) is 6.54 Å². The molecule has 0 bridgehead atoms. The Morgan fingerprint density at radius 3 is 2.81 bits per heavy atom. The highest BCUT2D eigenvalue weighted by atomic mass is 19.4. The predicted octanol–water partition coefficient (Wildman–Crippen LogP) is 3.50. The summed E-state index contributed by atoms with van der Waals surface area (Å²) in [6.07, 6.45) is -4.27. The van der Waals surface area contributed by atoms with Gasteiger partial charge in [0.15, 0.2) is 5.58 Å². The summed E-state index contributed by atoms with van der Waals surface area (Å²) in [7, 11) is 0. The summed E-state index contributed by atoms with van der Waals surface area (Å²) < 4.78 is 42.2. The van der Waals surface area contributed by atoms with Crippen LogP contribution in [0.1, 0.15) is 37.8 Å². The first-order valence-electron chi connectivity index (χ1n) is 6.82. The number of benzene rings is 1. The van der Waals surface area contributed by atoms with Crippen molar-refractivity contribution in [3.8, 4) is 0 Å². The second kappa shape index (κ2) is 6.34. The van der Waals surface area contributed by atoms with Crippen molar-refractivity contribution in [2.24, 2.45) is 0 Å². The fourth-order valence-corrected chi connectivity index (χ4v) is 2.19. The fraction of sp³-hybridized carbons (Fsp3) is 0.500. The fourth-order valence-electron chi connectivity index (χ4n) is 2.19. The third-order valence-corrected chi connectivity index (χ3v) is 3.20. The van der Waals surface area contributed by atoms with Gasteiger partial charge in [0.2, 0.25) is 0 Å². The molecule has 21 heavy (non-hydrogen) atoms. The van der Waals surface area contributed by atoms with Crippen molar-refractivity contribution in [3.63, 3.8) is 0 Å². The summed E-state index contributed by atoms with van der Waals surface area (Å²) in [6, 6.07) is 4.54. The first-order chi connectivity index (χ1) is 9.89. The summed E-state index contributed by atoms with van der Waals surface area (Å²) in [5.41, 5.74) is 1.57. The molecule has 1 aromatic carbocycles. The van der Waals surface area contributed by atoms with E-state index in [1.165, 1.54) is 0 Å². The van der Waals surface area contributed by atoms with Crippen LogP contribution >= 0.6 is 0 Å². The number of alkyl halides is 3. The van der Waals surface area contributed by atoms with Crippen LogP contribution in [0, 0.1) is 0 Å². The molecule has 116 valence electrons. The number of nitrogens with one attached hydrogen (secondary N) is 2. The van der Waals surface area contributed by atoms with Crippen LogP contribution in [0.2, 0.25) is 0 Å². The normalized spacial score (nSPS) is 13.7. The summed E-state index contributed by atoms with van der Waals surface area (Å²) in [4.78, 5) is 13.6. The highest BCUT2D eigenvalue weighted by Crippen LogP contribution is 2.28. The Morgan fingerprint density at radius 1 is 1.38 bits per heavy atom. The minimum Gasteiger partial charge on any atom is -0.408 e. The first kappa shape index (κ1) is 15.6. The van der Waals surface area contributed by atoms with Crippen LogP contribution in [-0.4, -0.2) is 17.7 Å². The third-order valence-electron chi connectivity index (χ3n) is 3.20. The minimum atomic E-state index is -4.18. The van der Waals surface area contributed by atoms with Crippen molar-refractivity contribution >= 4 is 11.1 Å². The monoisotopic (exact) mass is 302 g/mol. The zero-order chi connectivity index (χ0) is 15.5. The van der Waals surface area contributed by atoms with Gasteiger partial charge in [0, 0.05) is 12.5 Å². The molecule has 1 aromatic heterocycles. The van der Waals surface area contributed by atoms with E-state index in [1.54, 1.807) is 18.2 Å². The van der Waals surface area contributed by atoms with E-state index in [4.69, 9.17) is 4.42 Å². The quantitative estimate of drug-likeness (QED) is 0.858. The lowest BCUT2D eigenvalue weighted by molar-refractivity contribution is -0.136. The molecule has 0 saturated carbocycles. The van der Waals surface area contributed by atoms with E-state index < -0.39 is 24.4 Å². The van der Waals surface area contributed by atoms with Crippen molar-refractivity contribution in [2.45, 2.75) is 38.4 Å². The van der Waals surface area contributed by atoms with E-state index in [0.717, 1.165) is 6.42 Å². The smallest absolute Gasteiger partial charge is 0.408 e. The van der Waals surface area contributed by atoms with Gasteiger partial charge in [0.05, 0.1) is 5.52 Å². The highest BCUT2D eigenvalue weighted by Gasteiger charge is 2.28. The average Bonchev–Trinajstić information content (AvgIpc) is 2.76. The molecule has 2 rings (SSSR count). The number of aromatic nitrogens is 1. The van der Waals surface area contributed by atoms with Crippen LogP contribution in [0.25, 0.3) is 11.1 Å². The molecular weight excluding hydrogens is 285 g/mol. The number of rotatable bonds is 6. The molecule has 2 aromatic rings. The molecule has 0 aliphatic rings. The molecule has 1 heterocycles. The molecule has 0 aliphatic heterocycles. The summed E-state index contributed by atoms with van der Waals surface area (Å²) in [5, 5.41) is 3.10. The van der Waals surface area contributed by atoms with Crippen LogP contribution in [-0.2, 0) is 0 Å². The predicted molar refractivity (Wildman–Crippen MR) is 73.2 cm³/mol. The Bertz CT molecular complexity index is 645. The van der Waals surface area contributed by atoms with Gasteiger partial charge in [-0.3, -0.25) is 4.98 Å². The molecule has 7 heteroatoms. The van der Waals surface area contributed by atoms with Gasteiger partial charge in [-0.25, -0.2) is 4.79 Å². The van der Waals surface area contributed by atoms with E-state index in [0.29, 0.717) is 23.2 Å². The molecule has 0 radical (unpaired) electrons. The van der Waals surface area contributed by atoms with E-state index in [9.17, 15) is 18.0 Å². The maximum atomic E-state index is 12.4. The van der Waals surface area contributed by atoms with Gasteiger partial charge >= 0.3 is 11.9 Å². The lowest BCUT2D eigenvalue weighted by atomic mass is 10.0. The van der Waals surface area contributed by atoms with Gasteiger partial charge < -0.3 is 9.73 Å². The number of hydrogen-bond acceptors (Lipinski definition) is 3. The average molecular weight is 302 g/mol. The zero-order valence-corrected chi connectivity index (χ0v) is 11.6. The molecule has 1 atom stereocenters. The maximum Gasteiger partial charge on any atom is 0.417 e. The molecule has 0 fully saturated rings. The first-order valence-corrected chi connectivity index (χ1v) is 6.82. The standard InChI is InChI=1S/C14H17F3N2O2/c1-2-7-18-10(5-6-14(15,16)17)9-3-4-11-12(8-9)21-13(20)19-11/h3-4,8,10,18H,2,5-7H2,1H3,(H,19,20). The summed E-state index contributed by atoms with van der Waals surface area (Å²) in [6.45, 7) is 2.57. The van der Waals surface area contributed by atoms with E-state index >= 15 is 0 Å². The molecule has 0 spiro atoms. The van der Waals surface area contributed by atoms with Crippen LogP contribution in [0.15, 0.2) is 27.4 Å². The Kier molecular flexibility index (Phi) is 4.72. The molecular formula is C14H17F3N2O2. The molecule has 0 aliphatic carbocycles. The van der Waals surface area contributed by atoms with Gasteiger partial charge in [0.25, 0.3) is 0 Å². The van der Waals surface area contributed by atoms with Crippen LogP contribution in [0.3, 0.4) is 0 Å². The number of H-pyrrole nitrogens is 1. The number of fused-ring (bicyclic) bond motifs is 1. The Morgan fingerprint density at radius 2 is 2.14 bits per heavy atom. The second-order valence-corrected chi connectivity index (χ2v) is 4.93. The van der Waals surface area contributed by atoms with Crippen LogP contribution < -0.4 is 11.1 Å². The lowest BCUT2D eigenvalue weighted by Crippen LogP contribution is -2.24. The summed E-state index contributed by atoms with van der Waals surface area (Å²) >= 11 is 0. The van der Waals surface area contributed by atoms with Crippen molar-refractivity contribution < 1.29 is 17.6 Å². The Balaban J connectivity index is 2.21. The van der Waals surface area contributed by atoms with Crippen molar-refractivity contribution in [1.29, 1.82) is 0 Å². The maximum absolute atomic E-state index is 12.4. The number of oxazole rings is 1. The molecule has 1 unspecified atom stereocenters. The van der Waals surface area contributed by atoms with Crippen LogP contribution in [0.4, 0.5) is 13.2 Å². The SMILES string of the molecule is CCCNC(CCC(F)(F)F)c1ccc2[nH]c(=O)oc2c1. The molecule has 0 saturated heterocycles. The van der Waals surface area contributed by atoms with Gasteiger partial charge in [-0.05, 0) is 37.1 Å². The highest BCUT2D eigenvalue weighted by molar-refractivity contribution is 5.72. The van der Waals surface area contributed by atoms with Crippen molar-refractivity contribution in [1.82, 2.24) is 10.3 Å². The topological polar surface area (TPSA) is 58.0 Å². The number of halogens is 3.